The normalized spacial score (nSPS) is 15.3. The van der Waals surface area contributed by atoms with E-state index in [4.69, 9.17) is 0 Å². The van der Waals surface area contributed by atoms with Gasteiger partial charge in [0.2, 0.25) is 0 Å². The molecular weight excluding hydrogens is 226 g/mol. The summed E-state index contributed by atoms with van der Waals surface area (Å²) in [5, 5.41) is 13.6. The summed E-state index contributed by atoms with van der Waals surface area (Å²) in [6.45, 7) is 4.59. The summed E-state index contributed by atoms with van der Waals surface area (Å²) in [4.78, 5) is 8.68. The van der Waals surface area contributed by atoms with E-state index in [0.717, 1.165) is 31.5 Å². The topological polar surface area (TPSA) is 58.0 Å². The van der Waals surface area contributed by atoms with Crippen molar-refractivity contribution < 1.29 is 5.11 Å². The summed E-state index contributed by atoms with van der Waals surface area (Å²) < 4.78 is 0. The minimum atomic E-state index is -0.632. The molecule has 0 unspecified atom stereocenters. The zero-order valence-electron chi connectivity index (χ0n) is 11.4. The lowest BCUT2D eigenvalue weighted by Gasteiger charge is -2.27. The van der Waals surface area contributed by atoms with Crippen molar-refractivity contribution in [3.8, 4) is 0 Å². The number of hydrogen-bond donors (Lipinski definition) is 2. The van der Waals surface area contributed by atoms with E-state index in [1.165, 1.54) is 24.1 Å². The van der Waals surface area contributed by atoms with E-state index in [1.807, 2.05) is 13.8 Å². The monoisotopic (exact) mass is 249 g/mol. The maximum absolute atomic E-state index is 10.3. The van der Waals surface area contributed by atoms with Gasteiger partial charge in [-0.2, -0.15) is 0 Å². The van der Waals surface area contributed by atoms with Gasteiger partial charge in [0.1, 0.15) is 12.1 Å². The average Bonchev–Trinajstić information content (AvgIpc) is 2.44. The summed E-state index contributed by atoms with van der Waals surface area (Å²) in [5.41, 5.74) is 1.79. The van der Waals surface area contributed by atoms with E-state index in [0.29, 0.717) is 6.54 Å². The average molecular weight is 249 g/mol. The number of anilines is 1. The van der Waals surface area contributed by atoms with Crippen LogP contribution in [0.2, 0.25) is 0 Å². The molecule has 0 fully saturated rings. The Bertz CT molecular complexity index is 402. The quantitative estimate of drug-likeness (QED) is 0.841. The fourth-order valence-electron chi connectivity index (χ4n) is 2.42. The summed E-state index contributed by atoms with van der Waals surface area (Å²) in [6.07, 6.45) is 7.67. The predicted octanol–water partition coefficient (Wildman–Crippen LogP) is 2.32. The number of rotatable bonds is 5. The Morgan fingerprint density at radius 2 is 1.94 bits per heavy atom. The van der Waals surface area contributed by atoms with E-state index >= 15 is 0 Å². The molecule has 4 heteroatoms. The van der Waals surface area contributed by atoms with Crippen molar-refractivity contribution >= 4 is 5.82 Å². The van der Waals surface area contributed by atoms with Gasteiger partial charge in [0.15, 0.2) is 0 Å². The molecule has 4 nitrogen and oxygen atoms in total. The van der Waals surface area contributed by atoms with Crippen LogP contribution in [-0.4, -0.2) is 27.2 Å². The third kappa shape index (κ3) is 2.80. The van der Waals surface area contributed by atoms with E-state index < -0.39 is 5.60 Å². The predicted molar refractivity (Wildman–Crippen MR) is 72.7 cm³/mol. The van der Waals surface area contributed by atoms with Gasteiger partial charge < -0.3 is 10.4 Å². The number of fused-ring (bicyclic) bond motifs is 1. The van der Waals surface area contributed by atoms with E-state index in [1.54, 1.807) is 6.33 Å². The van der Waals surface area contributed by atoms with Gasteiger partial charge in [-0.1, -0.05) is 13.8 Å². The summed E-state index contributed by atoms with van der Waals surface area (Å²) >= 11 is 0. The van der Waals surface area contributed by atoms with Gasteiger partial charge >= 0.3 is 0 Å². The van der Waals surface area contributed by atoms with Crippen molar-refractivity contribution in [1.82, 2.24) is 9.97 Å². The van der Waals surface area contributed by atoms with Crippen LogP contribution in [0.1, 0.15) is 50.8 Å². The molecule has 1 aliphatic rings. The van der Waals surface area contributed by atoms with Gasteiger partial charge in [-0.3, -0.25) is 0 Å². The highest BCUT2D eigenvalue weighted by molar-refractivity contribution is 5.47. The largest absolute Gasteiger partial charge is 0.388 e. The van der Waals surface area contributed by atoms with Crippen molar-refractivity contribution in [3.05, 3.63) is 17.6 Å². The fraction of sp³-hybridized carbons (Fsp3) is 0.714. The fourth-order valence-corrected chi connectivity index (χ4v) is 2.42. The van der Waals surface area contributed by atoms with Crippen LogP contribution < -0.4 is 5.32 Å². The van der Waals surface area contributed by atoms with Crippen LogP contribution in [0.5, 0.6) is 0 Å². The maximum atomic E-state index is 10.3. The number of aryl methyl sites for hydroxylation is 1. The highest BCUT2D eigenvalue weighted by atomic mass is 16.3. The molecular formula is C14H23N3O. The molecule has 100 valence electrons. The SMILES string of the molecule is CCC(O)(CC)CNc1ncnc2c1CCCC2. The minimum absolute atomic E-state index is 0.559. The molecule has 1 aliphatic carbocycles. The molecule has 0 saturated carbocycles. The molecule has 0 saturated heterocycles. The van der Waals surface area contributed by atoms with Crippen LogP contribution in [-0.2, 0) is 12.8 Å². The van der Waals surface area contributed by atoms with Crippen LogP contribution in [0.15, 0.2) is 6.33 Å². The van der Waals surface area contributed by atoms with Gasteiger partial charge in [-0.15, -0.1) is 0 Å². The molecule has 0 spiro atoms. The second-order valence-corrected chi connectivity index (χ2v) is 5.14. The lowest BCUT2D eigenvalue weighted by Crippen LogP contribution is -2.36. The first kappa shape index (κ1) is 13.3. The van der Waals surface area contributed by atoms with Crippen LogP contribution in [0.25, 0.3) is 0 Å². The molecule has 2 N–H and O–H groups in total. The minimum Gasteiger partial charge on any atom is -0.388 e. The number of nitrogens with one attached hydrogen (secondary N) is 1. The molecule has 0 bridgehead atoms. The second kappa shape index (κ2) is 5.65. The smallest absolute Gasteiger partial charge is 0.132 e. The molecule has 0 aliphatic heterocycles. The Kier molecular flexibility index (Phi) is 4.17. The highest BCUT2D eigenvalue weighted by Gasteiger charge is 2.23. The molecule has 1 aromatic rings. The molecule has 2 rings (SSSR count). The number of aromatic nitrogens is 2. The second-order valence-electron chi connectivity index (χ2n) is 5.14. The number of hydrogen-bond acceptors (Lipinski definition) is 4. The lowest BCUT2D eigenvalue weighted by molar-refractivity contribution is 0.0456. The molecule has 1 aromatic heterocycles. The first-order valence-electron chi connectivity index (χ1n) is 6.97. The van der Waals surface area contributed by atoms with Gasteiger partial charge in [-0.05, 0) is 38.5 Å². The van der Waals surface area contributed by atoms with Crippen molar-refractivity contribution in [2.75, 3.05) is 11.9 Å². The van der Waals surface area contributed by atoms with E-state index in [-0.39, 0.29) is 0 Å². The molecule has 1 heterocycles. The zero-order valence-corrected chi connectivity index (χ0v) is 11.4. The Morgan fingerprint density at radius 1 is 1.22 bits per heavy atom. The third-order valence-corrected chi connectivity index (χ3v) is 4.03. The first-order valence-corrected chi connectivity index (χ1v) is 6.97. The number of nitrogens with zero attached hydrogens (tertiary/aromatic N) is 2. The maximum Gasteiger partial charge on any atom is 0.132 e. The van der Waals surface area contributed by atoms with Crippen molar-refractivity contribution in [1.29, 1.82) is 0 Å². The molecule has 0 amide bonds. The Balaban J connectivity index is 2.10. The number of aliphatic hydroxyl groups is 1. The van der Waals surface area contributed by atoms with E-state index in [9.17, 15) is 5.11 Å². The Hall–Kier alpha value is -1.16. The Labute approximate surface area is 109 Å². The molecule has 0 radical (unpaired) electrons. The third-order valence-electron chi connectivity index (χ3n) is 4.03. The van der Waals surface area contributed by atoms with Crippen LogP contribution in [0, 0.1) is 0 Å². The first-order chi connectivity index (χ1) is 8.68. The summed E-state index contributed by atoms with van der Waals surface area (Å²) in [6, 6.07) is 0. The van der Waals surface area contributed by atoms with Gasteiger partial charge in [0.05, 0.1) is 5.60 Å². The van der Waals surface area contributed by atoms with Crippen LogP contribution in [0.3, 0.4) is 0 Å². The van der Waals surface area contributed by atoms with E-state index in [2.05, 4.69) is 15.3 Å². The van der Waals surface area contributed by atoms with Crippen molar-refractivity contribution in [2.45, 2.75) is 58.0 Å². The summed E-state index contributed by atoms with van der Waals surface area (Å²) in [7, 11) is 0. The van der Waals surface area contributed by atoms with Gasteiger partial charge in [-0.25, -0.2) is 9.97 Å². The standard InChI is InChI=1S/C14H23N3O/c1-3-14(18,4-2)9-15-13-11-7-5-6-8-12(11)16-10-17-13/h10,18H,3-9H2,1-2H3,(H,15,16,17). The highest BCUT2D eigenvalue weighted by Crippen LogP contribution is 2.25. The lowest BCUT2D eigenvalue weighted by atomic mass is 9.95. The van der Waals surface area contributed by atoms with Crippen molar-refractivity contribution in [3.63, 3.8) is 0 Å². The van der Waals surface area contributed by atoms with Crippen LogP contribution in [0.4, 0.5) is 5.82 Å². The zero-order chi connectivity index (χ0) is 13.0. The molecule has 0 atom stereocenters. The summed E-state index contributed by atoms with van der Waals surface area (Å²) in [5.74, 6) is 0.917. The Morgan fingerprint density at radius 3 is 2.67 bits per heavy atom. The van der Waals surface area contributed by atoms with Gasteiger partial charge in [0, 0.05) is 17.8 Å². The van der Waals surface area contributed by atoms with Crippen molar-refractivity contribution in [2.24, 2.45) is 0 Å². The van der Waals surface area contributed by atoms with Gasteiger partial charge in [0.25, 0.3) is 0 Å². The molecule has 18 heavy (non-hydrogen) atoms. The van der Waals surface area contributed by atoms with Crippen LogP contribution >= 0.6 is 0 Å². The molecule has 0 aromatic carbocycles.